The quantitative estimate of drug-likeness (QED) is 0.193. The summed E-state index contributed by atoms with van der Waals surface area (Å²) >= 11 is 5.94. The number of benzene rings is 3. The van der Waals surface area contributed by atoms with Crippen molar-refractivity contribution in [3.63, 3.8) is 0 Å². The number of nitriles is 1. The summed E-state index contributed by atoms with van der Waals surface area (Å²) in [6, 6.07) is 18.0. The first kappa shape index (κ1) is 24.3. The Morgan fingerprint density at radius 1 is 1.15 bits per heavy atom. The van der Waals surface area contributed by atoms with Crippen LogP contribution in [0.5, 0.6) is 11.5 Å². The number of carbonyl (C=O) groups excluding carboxylic acids is 1. The SMILES string of the molecule is COc1cc(/C=C(\C#N)C(=O)Nc2ccc(Cl)cc2C)ccc1OCc1ccc([N+](=O)[O-])cc1. The van der Waals surface area contributed by atoms with Crippen molar-refractivity contribution in [3.8, 4) is 17.6 Å². The van der Waals surface area contributed by atoms with Crippen molar-refractivity contribution < 1.29 is 19.2 Å². The van der Waals surface area contributed by atoms with E-state index >= 15 is 0 Å². The smallest absolute Gasteiger partial charge is 0.269 e. The fourth-order valence-electron chi connectivity index (χ4n) is 3.04. The van der Waals surface area contributed by atoms with Gasteiger partial charge in [-0.25, -0.2) is 0 Å². The largest absolute Gasteiger partial charge is 0.493 e. The van der Waals surface area contributed by atoms with Crippen LogP contribution in [0.15, 0.2) is 66.2 Å². The summed E-state index contributed by atoms with van der Waals surface area (Å²) in [7, 11) is 1.47. The molecule has 3 rings (SSSR count). The second-order valence-corrected chi connectivity index (χ2v) is 7.64. The zero-order chi connectivity index (χ0) is 24.7. The van der Waals surface area contributed by atoms with Crippen molar-refractivity contribution in [2.45, 2.75) is 13.5 Å². The highest BCUT2D eigenvalue weighted by molar-refractivity contribution is 6.30. The monoisotopic (exact) mass is 477 g/mol. The molecule has 0 fully saturated rings. The number of methoxy groups -OCH3 is 1. The van der Waals surface area contributed by atoms with Gasteiger partial charge < -0.3 is 14.8 Å². The molecule has 0 bridgehead atoms. The molecule has 0 saturated heterocycles. The lowest BCUT2D eigenvalue weighted by Crippen LogP contribution is -2.14. The first-order valence-corrected chi connectivity index (χ1v) is 10.4. The molecule has 0 unspecified atom stereocenters. The number of non-ortho nitro benzene ring substituents is 1. The van der Waals surface area contributed by atoms with Crippen LogP contribution in [0.25, 0.3) is 6.08 Å². The van der Waals surface area contributed by atoms with Gasteiger partial charge in [-0.3, -0.25) is 14.9 Å². The third-order valence-electron chi connectivity index (χ3n) is 4.84. The van der Waals surface area contributed by atoms with Crippen LogP contribution in [0.3, 0.4) is 0 Å². The molecular formula is C25H20ClN3O5. The molecular weight excluding hydrogens is 458 g/mol. The number of nitrogens with zero attached hydrogens (tertiary/aromatic N) is 2. The highest BCUT2D eigenvalue weighted by atomic mass is 35.5. The van der Waals surface area contributed by atoms with Gasteiger partial charge in [0.05, 0.1) is 12.0 Å². The summed E-state index contributed by atoms with van der Waals surface area (Å²) in [6.45, 7) is 1.98. The summed E-state index contributed by atoms with van der Waals surface area (Å²) in [5.41, 5.74) is 2.56. The summed E-state index contributed by atoms with van der Waals surface area (Å²) in [5.74, 6) is 0.296. The highest BCUT2D eigenvalue weighted by Crippen LogP contribution is 2.30. The Kier molecular flexibility index (Phi) is 7.85. The maximum Gasteiger partial charge on any atom is 0.269 e. The molecule has 172 valence electrons. The first-order valence-electron chi connectivity index (χ1n) is 10.0. The summed E-state index contributed by atoms with van der Waals surface area (Å²) < 4.78 is 11.2. The van der Waals surface area contributed by atoms with Crippen LogP contribution < -0.4 is 14.8 Å². The number of nitro groups is 1. The minimum absolute atomic E-state index is 0.000951. The lowest BCUT2D eigenvalue weighted by Gasteiger charge is -2.12. The van der Waals surface area contributed by atoms with Crippen molar-refractivity contribution in [1.29, 1.82) is 5.26 Å². The van der Waals surface area contributed by atoms with Crippen LogP contribution in [0.1, 0.15) is 16.7 Å². The zero-order valence-electron chi connectivity index (χ0n) is 18.4. The molecule has 0 heterocycles. The first-order chi connectivity index (χ1) is 16.3. The number of hydrogen-bond donors (Lipinski definition) is 1. The Bertz CT molecular complexity index is 1300. The Morgan fingerprint density at radius 2 is 1.88 bits per heavy atom. The second kappa shape index (κ2) is 11.0. The van der Waals surface area contributed by atoms with E-state index in [2.05, 4.69) is 5.32 Å². The number of hydrogen-bond acceptors (Lipinski definition) is 6. The number of anilines is 1. The van der Waals surface area contributed by atoms with Gasteiger partial charge >= 0.3 is 0 Å². The van der Waals surface area contributed by atoms with Gasteiger partial charge in [0.15, 0.2) is 11.5 Å². The number of nitrogens with one attached hydrogen (secondary N) is 1. The van der Waals surface area contributed by atoms with Crippen molar-refractivity contribution in [2.24, 2.45) is 0 Å². The lowest BCUT2D eigenvalue weighted by atomic mass is 10.1. The van der Waals surface area contributed by atoms with Gasteiger partial charge in [-0.15, -0.1) is 0 Å². The molecule has 0 spiro atoms. The maximum absolute atomic E-state index is 12.6. The van der Waals surface area contributed by atoms with Crippen LogP contribution in [0.2, 0.25) is 5.02 Å². The molecule has 3 aromatic carbocycles. The molecule has 34 heavy (non-hydrogen) atoms. The normalized spacial score (nSPS) is 10.8. The average Bonchev–Trinajstić information content (AvgIpc) is 2.83. The van der Waals surface area contributed by atoms with E-state index < -0.39 is 10.8 Å². The highest BCUT2D eigenvalue weighted by Gasteiger charge is 2.13. The number of amides is 1. The number of aryl methyl sites for hydroxylation is 1. The van der Waals surface area contributed by atoms with Gasteiger partial charge in [0, 0.05) is 22.8 Å². The topological polar surface area (TPSA) is 114 Å². The van der Waals surface area contributed by atoms with E-state index in [1.807, 2.05) is 6.07 Å². The van der Waals surface area contributed by atoms with Gasteiger partial charge in [0.1, 0.15) is 18.2 Å². The standard InChI is InChI=1S/C25H20ClN3O5/c1-16-11-20(26)6-9-22(16)28-25(30)19(14-27)12-18-5-10-23(24(13-18)33-2)34-15-17-3-7-21(8-4-17)29(31)32/h3-13H,15H2,1-2H3,(H,28,30)/b19-12+. The Morgan fingerprint density at radius 3 is 2.50 bits per heavy atom. The van der Waals surface area contributed by atoms with Gasteiger partial charge in [-0.2, -0.15) is 5.26 Å². The van der Waals surface area contributed by atoms with Crippen molar-refractivity contribution in [3.05, 3.63) is 98.1 Å². The molecule has 0 atom stereocenters. The fraction of sp³-hybridized carbons (Fsp3) is 0.120. The van der Waals surface area contributed by atoms with E-state index in [-0.39, 0.29) is 17.9 Å². The van der Waals surface area contributed by atoms with Crippen molar-refractivity contribution in [1.82, 2.24) is 0 Å². The van der Waals surface area contributed by atoms with Crippen LogP contribution in [-0.4, -0.2) is 17.9 Å². The van der Waals surface area contributed by atoms with Crippen molar-refractivity contribution in [2.75, 3.05) is 12.4 Å². The second-order valence-electron chi connectivity index (χ2n) is 7.21. The molecule has 0 aromatic heterocycles. The van der Waals surface area contributed by atoms with Crippen LogP contribution in [0.4, 0.5) is 11.4 Å². The molecule has 3 aromatic rings. The van der Waals surface area contributed by atoms with E-state index in [1.165, 1.54) is 25.3 Å². The van der Waals surface area contributed by atoms with E-state index in [0.717, 1.165) is 11.1 Å². The van der Waals surface area contributed by atoms with Crippen molar-refractivity contribution >= 4 is 35.0 Å². The maximum atomic E-state index is 12.6. The van der Waals surface area contributed by atoms with E-state index in [4.69, 9.17) is 21.1 Å². The Balaban J connectivity index is 1.74. The summed E-state index contributed by atoms with van der Waals surface area (Å²) in [4.78, 5) is 22.9. The Hall–Kier alpha value is -4.35. The van der Waals surface area contributed by atoms with Gasteiger partial charge in [-0.05, 0) is 72.2 Å². The fourth-order valence-corrected chi connectivity index (χ4v) is 3.27. The predicted molar refractivity (Wildman–Crippen MR) is 129 cm³/mol. The average molecular weight is 478 g/mol. The molecule has 0 aliphatic heterocycles. The molecule has 1 N–H and O–H groups in total. The van der Waals surface area contributed by atoms with Gasteiger partial charge in [-0.1, -0.05) is 17.7 Å². The third kappa shape index (κ3) is 6.12. The van der Waals surface area contributed by atoms with E-state index in [1.54, 1.807) is 55.5 Å². The number of halogens is 1. The molecule has 9 heteroatoms. The van der Waals surface area contributed by atoms with E-state index in [0.29, 0.717) is 27.8 Å². The summed E-state index contributed by atoms with van der Waals surface area (Å²) in [5, 5.41) is 23.5. The number of ether oxygens (including phenoxy) is 2. The number of rotatable bonds is 8. The molecule has 0 aliphatic carbocycles. The van der Waals surface area contributed by atoms with Crippen LogP contribution in [-0.2, 0) is 11.4 Å². The summed E-state index contributed by atoms with van der Waals surface area (Å²) in [6.07, 6.45) is 1.45. The van der Waals surface area contributed by atoms with Gasteiger partial charge in [0.2, 0.25) is 0 Å². The minimum Gasteiger partial charge on any atom is -0.493 e. The van der Waals surface area contributed by atoms with Gasteiger partial charge in [0.25, 0.3) is 11.6 Å². The van der Waals surface area contributed by atoms with E-state index in [9.17, 15) is 20.2 Å². The Labute approximate surface area is 201 Å². The zero-order valence-corrected chi connectivity index (χ0v) is 19.1. The number of nitro benzene ring substituents is 1. The van der Waals surface area contributed by atoms with Crippen LogP contribution >= 0.6 is 11.6 Å². The lowest BCUT2D eigenvalue weighted by molar-refractivity contribution is -0.384. The van der Waals surface area contributed by atoms with Crippen LogP contribution in [0, 0.1) is 28.4 Å². The third-order valence-corrected chi connectivity index (χ3v) is 5.08. The number of carbonyl (C=O) groups is 1. The molecule has 0 aliphatic rings. The molecule has 0 saturated carbocycles. The molecule has 0 radical (unpaired) electrons. The minimum atomic E-state index is -0.551. The predicted octanol–water partition coefficient (Wildman–Crippen LogP) is 5.69. The molecule has 8 nitrogen and oxygen atoms in total. The molecule has 1 amide bonds.